The fourth-order valence-electron chi connectivity index (χ4n) is 1.69. The lowest BCUT2D eigenvalue weighted by Gasteiger charge is -2.07. The molecule has 0 aliphatic heterocycles. The van der Waals surface area contributed by atoms with Gasteiger partial charge in [-0.15, -0.1) is 10.2 Å². The molecular weight excluding hydrogens is 156 g/mol. The summed E-state index contributed by atoms with van der Waals surface area (Å²) in [7, 11) is 1.73. The largest absolute Gasteiger partial charge is 0.392 e. The zero-order valence-electron chi connectivity index (χ0n) is 7.01. The molecule has 2 unspecified atom stereocenters. The standard InChI is InChI=1S/C7H12N4O/c1-11-9-7(8-10-11)5-3-2-4-6(5)12/h5-6,12H,2-4H2,1H3. The first kappa shape index (κ1) is 7.67. The maximum atomic E-state index is 9.53. The van der Waals surface area contributed by atoms with Crippen molar-refractivity contribution in [2.45, 2.75) is 31.3 Å². The monoisotopic (exact) mass is 168 g/mol. The SMILES string of the molecule is Cn1nnc(C2CCCC2O)n1. The Bertz CT molecular complexity index is 272. The summed E-state index contributed by atoms with van der Waals surface area (Å²) >= 11 is 0. The van der Waals surface area contributed by atoms with E-state index in [2.05, 4.69) is 15.4 Å². The second kappa shape index (κ2) is 2.82. The number of aliphatic hydroxyl groups is 1. The maximum Gasteiger partial charge on any atom is 0.180 e. The highest BCUT2D eigenvalue weighted by atomic mass is 16.3. The van der Waals surface area contributed by atoms with E-state index in [0.717, 1.165) is 19.3 Å². The van der Waals surface area contributed by atoms with Crippen molar-refractivity contribution in [3.8, 4) is 0 Å². The van der Waals surface area contributed by atoms with Gasteiger partial charge in [0.25, 0.3) is 0 Å². The number of hydrogen-bond acceptors (Lipinski definition) is 4. The molecule has 2 atom stereocenters. The second-order valence-electron chi connectivity index (χ2n) is 3.24. The van der Waals surface area contributed by atoms with E-state index in [4.69, 9.17) is 0 Å². The molecule has 0 amide bonds. The Balaban J connectivity index is 2.19. The normalized spacial score (nSPS) is 29.5. The second-order valence-corrected chi connectivity index (χ2v) is 3.24. The first-order valence-corrected chi connectivity index (χ1v) is 4.19. The van der Waals surface area contributed by atoms with Crippen LogP contribution in [0, 0.1) is 0 Å². The molecule has 1 aliphatic rings. The molecule has 1 aromatic heterocycles. The quantitative estimate of drug-likeness (QED) is 0.632. The fourth-order valence-corrected chi connectivity index (χ4v) is 1.69. The van der Waals surface area contributed by atoms with E-state index >= 15 is 0 Å². The molecule has 1 N–H and O–H groups in total. The van der Waals surface area contributed by atoms with Gasteiger partial charge in [-0.3, -0.25) is 0 Å². The van der Waals surface area contributed by atoms with Crippen LogP contribution < -0.4 is 0 Å². The molecule has 1 fully saturated rings. The Morgan fingerprint density at radius 2 is 2.33 bits per heavy atom. The van der Waals surface area contributed by atoms with Crippen LogP contribution in [0.1, 0.15) is 31.0 Å². The molecule has 5 nitrogen and oxygen atoms in total. The van der Waals surface area contributed by atoms with Gasteiger partial charge >= 0.3 is 0 Å². The van der Waals surface area contributed by atoms with Crippen molar-refractivity contribution in [1.82, 2.24) is 20.2 Å². The summed E-state index contributed by atoms with van der Waals surface area (Å²) in [5.74, 6) is 0.793. The number of rotatable bonds is 1. The van der Waals surface area contributed by atoms with E-state index in [1.807, 2.05) is 0 Å². The smallest absolute Gasteiger partial charge is 0.180 e. The molecule has 5 heteroatoms. The van der Waals surface area contributed by atoms with Crippen LogP contribution in [0.4, 0.5) is 0 Å². The molecule has 0 spiro atoms. The van der Waals surface area contributed by atoms with Crippen molar-refractivity contribution >= 4 is 0 Å². The first-order chi connectivity index (χ1) is 5.77. The third-order valence-electron chi connectivity index (χ3n) is 2.33. The van der Waals surface area contributed by atoms with Gasteiger partial charge in [0, 0.05) is 5.92 Å². The molecule has 1 aliphatic carbocycles. The molecule has 12 heavy (non-hydrogen) atoms. The van der Waals surface area contributed by atoms with Gasteiger partial charge in [-0.25, -0.2) is 0 Å². The van der Waals surface area contributed by atoms with Crippen LogP contribution in [0.25, 0.3) is 0 Å². The van der Waals surface area contributed by atoms with Crippen molar-refractivity contribution in [3.63, 3.8) is 0 Å². The van der Waals surface area contributed by atoms with Crippen molar-refractivity contribution in [2.24, 2.45) is 7.05 Å². The Kier molecular flexibility index (Phi) is 1.80. The van der Waals surface area contributed by atoms with Crippen molar-refractivity contribution in [1.29, 1.82) is 0 Å². The molecule has 0 saturated heterocycles. The lowest BCUT2D eigenvalue weighted by Crippen LogP contribution is -2.12. The molecule has 66 valence electrons. The molecule has 0 bridgehead atoms. The van der Waals surface area contributed by atoms with Gasteiger partial charge < -0.3 is 5.11 Å². The van der Waals surface area contributed by atoms with Gasteiger partial charge in [0.2, 0.25) is 0 Å². The summed E-state index contributed by atoms with van der Waals surface area (Å²) < 4.78 is 0. The summed E-state index contributed by atoms with van der Waals surface area (Å²) in [5, 5.41) is 21.2. The van der Waals surface area contributed by atoms with Gasteiger partial charge in [-0.2, -0.15) is 4.80 Å². The number of tetrazole rings is 1. The van der Waals surface area contributed by atoms with Crippen LogP contribution in [-0.2, 0) is 7.05 Å². The summed E-state index contributed by atoms with van der Waals surface area (Å²) in [5.41, 5.74) is 0. The van der Waals surface area contributed by atoms with E-state index < -0.39 is 0 Å². The third kappa shape index (κ3) is 1.20. The molecule has 0 aromatic carbocycles. The lowest BCUT2D eigenvalue weighted by molar-refractivity contribution is 0.160. The number of nitrogens with zero attached hydrogens (tertiary/aromatic N) is 4. The van der Waals surface area contributed by atoms with Crippen LogP contribution in [0.3, 0.4) is 0 Å². The summed E-state index contributed by atoms with van der Waals surface area (Å²) in [6.45, 7) is 0. The number of hydrogen-bond donors (Lipinski definition) is 1. The van der Waals surface area contributed by atoms with Gasteiger partial charge in [0.05, 0.1) is 13.2 Å². The summed E-state index contributed by atoms with van der Waals surface area (Å²) in [6.07, 6.45) is 2.63. The fraction of sp³-hybridized carbons (Fsp3) is 0.857. The van der Waals surface area contributed by atoms with Crippen molar-refractivity contribution in [2.75, 3.05) is 0 Å². The zero-order valence-corrected chi connectivity index (χ0v) is 7.01. The lowest BCUT2D eigenvalue weighted by atomic mass is 10.1. The van der Waals surface area contributed by atoms with E-state index in [1.54, 1.807) is 7.05 Å². The molecule has 1 heterocycles. The van der Waals surface area contributed by atoms with E-state index in [9.17, 15) is 5.11 Å². The predicted octanol–water partition coefficient (Wildman–Crippen LogP) is -0.162. The Hall–Kier alpha value is -0.970. The highest BCUT2D eigenvalue weighted by Gasteiger charge is 2.29. The molecule has 1 aromatic rings. The highest BCUT2D eigenvalue weighted by Crippen LogP contribution is 2.31. The van der Waals surface area contributed by atoms with Crippen LogP contribution in [0.5, 0.6) is 0 Å². The van der Waals surface area contributed by atoms with E-state index in [1.165, 1.54) is 4.80 Å². The minimum Gasteiger partial charge on any atom is -0.392 e. The molecule has 0 radical (unpaired) electrons. The predicted molar refractivity (Wildman–Crippen MR) is 41.4 cm³/mol. The minimum absolute atomic E-state index is 0.110. The van der Waals surface area contributed by atoms with Gasteiger partial charge in [-0.1, -0.05) is 6.42 Å². The first-order valence-electron chi connectivity index (χ1n) is 4.19. The number of aryl methyl sites for hydroxylation is 1. The van der Waals surface area contributed by atoms with E-state index in [0.29, 0.717) is 5.82 Å². The number of aromatic nitrogens is 4. The van der Waals surface area contributed by atoms with Gasteiger partial charge in [0.15, 0.2) is 5.82 Å². The Morgan fingerprint density at radius 1 is 1.50 bits per heavy atom. The Labute approximate surface area is 70.4 Å². The maximum absolute atomic E-state index is 9.53. The van der Waals surface area contributed by atoms with Crippen LogP contribution in [0.15, 0.2) is 0 Å². The average molecular weight is 168 g/mol. The van der Waals surface area contributed by atoms with Crippen LogP contribution in [0.2, 0.25) is 0 Å². The number of aliphatic hydroxyl groups excluding tert-OH is 1. The van der Waals surface area contributed by atoms with Crippen molar-refractivity contribution < 1.29 is 5.11 Å². The Morgan fingerprint density at radius 3 is 2.83 bits per heavy atom. The van der Waals surface area contributed by atoms with Gasteiger partial charge in [0.1, 0.15) is 0 Å². The topological polar surface area (TPSA) is 63.8 Å². The van der Waals surface area contributed by atoms with Crippen molar-refractivity contribution in [3.05, 3.63) is 5.82 Å². The van der Waals surface area contributed by atoms with Gasteiger partial charge in [-0.05, 0) is 18.1 Å². The van der Waals surface area contributed by atoms with Crippen LogP contribution in [-0.4, -0.2) is 31.4 Å². The minimum atomic E-state index is -0.269. The average Bonchev–Trinajstić information content (AvgIpc) is 2.58. The summed E-state index contributed by atoms with van der Waals surface area (Å²) in [6, 6.07) is 0. The highest BCUT2D eigenvalue weighted by molar-refractivity contribution is 4.98. The molecule has 1 saturated carbocycles. The van der Waals surface area contributed by atoms with E-state index in [-0.39, 0.29) is 12.0 Å². The zero-order chi connectivity index (χ0) is 8.55. The third-order valence-corrected chi connectivity index (χ3v) is 2.33. The molecule has 2 rings (SSSR count). The summed E-state index contributed by atoms with van der Waals surface area (Å²) in [4.78, 5) is 1.43. The molecular formula is C7H12N4O. The van der Waals surface area contributed by atoms with Crippen LogP contribution >= 0.6 is 0 Å².